The van der Waals surface area contributed by atoms with Crippen molar-refractivity contribution in [2.45, 2.75) is 12.5 Å². The fraction of sp³-hybridized carbons (Fsp3) is 0.0909. The second-order valence-corrected chi connectivity index (χ2v) is 6.83. The molecule has 3 aromatic carbocycles. The molecular formula is C22H16Cl2O3. The largest absolute Gasteiger partial charge is 0.449 e. The minimum Gasteiger partial charge on any atom is -0.449 e. The summed E-state index contributed by atoms with van der Waals surface area (Å²) in [5.74, 6) is -0.788. The van der Waals surface area contributed by atoms with Gasteiger partial charge in [-0.3, -0.25) is 9.59 Å². The minimum absolute atomic E-state index is 0.0450. The summed E-state index contributed by atoms with van der Waals surface area (Å²) < 4.78 is 5.56. The molecule has 0 aliphatic heterocycles. The first-order valence-corrected chi connectivity index (χ1v) is 9.07. The van der Waals surface area contributed by atoms with E-state index in [9.17, 15) is 9.59 Å². The third-order valence-corrected chi connectivity index (χ3v) is 4.48. The van der Waals surface area contributed by atoms with Crippen LogP contribution in [0.25, 0.3) is 0 Å². The van der Waals surface area contributed by atoms with Gasteiger partial charge in [0.05, 0.1) is 6.42 Å². The van der Waals surface area contributed by atoms with Gasteiger partial charge in [0.1, 0.15) is 0 Å². The molecule has 1 atom stereocenters. The zero-order valence-corrected chi connectivity index (χ0v) is 15.8. The lowest BCUT2D eigenvalue weighted by Gasteiger charge is -2.18. The number of rotatable bonds is 6. The van der Waals surface area contributed by atoms with Crippen molar-refractivity contribution in [2.24, 2.45) is 0 Å². The van der Waals surface area contributed by atoms with E-state index in [1.54, 1.807) is 72.8 Å². The molecule has 0 bridgehead atoms. The van der Waals surface area contributed by atoms with Crippen LogP contribution in [0.1, 0.15) is 27.6 Å². The summed E-state index contributed by atoms with van der Waals surface area (Å²) in [7, 11) is 0. The molecule has 0 fully saturated rings. The molecule has 0 saturated heterocycles. The second kappa shape index (κ2) is 8.85. The SMILES string of the molecule is O=C(Cc1ccc(Cl)cc1)O[C@@H](C(=O)c1ccccc1)c1ccc(Cl)cc1. The van der Waals surface area contributed by atoms with Gasteiger partial charge in [-0.1, -0.05) is 77.8 Å². The highest BCUT2D eigenvalue weighted by Crippen LogP contribution is 2.25. The van der Waals surface area contributed by atoms with Crippen molar-refractivity contribution in [1.29, 1.82) is 0 Å². The molecule has 0 spiro atoms. The molecule has 0 aromatic heterocycles. The topological polar surface area (TPSA) is 43.4 Å². The van der Waals surface area contributed by atoms with Gasteiger partial charge in [0, 0.05) is 21.2 Å². The molecule has 3 aromatic rings. The summed E-state index contributed by atoms with van der Waals surface area (Å²) >= 11 is 11.8. The summed E-state index contributed by atoms with van der Waals surface area (Å²) in [6.45, 7) is 0. The average molecular weight is 399 g/mol. The molecule has 0 saturated carbocycles. The number of hydrogen-bond donors (Lipinski definition) is 0. The van der Waals surface area contributed by atoms with Crippen LogP contribution in [0.5, 0.6) is 0 Å². The number of hydrogen-bond acceptors (Lipinski definition) is 3. The molecule has 0 aliphatic carbocycles. The molecule has 0 amide bonds. The van der Waals surface area contributed by atoms with Gasteiger partial charge in [-0.25, -0.2) is 0 Å². The van der Waals surface area contributed by atoms with Crippen LogP contribution in [-0.2, 0) is 16.0 Å². The Labute approximate surface area is 167 Å². The normalized spacial score (nSPS) is 11.6. The maximum atomic E-state index is 12.9. The Kier molecular flexibility index (Phi) is 6.28. The highest BCUT2D eigenvalue weighted by atomic mass is 35.5. The Morgan fingerprint density at radius 3 is 1.93 bits per heavy atom. The highest BCUT2D eigenvalue weighted by Gasteiger charge is 2.26. The Morgan fingerprint density at radius 1 is 0.778 bits per heavy atom. The van der Waals surface area contributed by atoms with Crippen molar-refractivity contribution in [3.63, 3.8) is 0 Å². The molecule has 0 heterocycles. The number of ketones is 1. The van der Waals surface area contributed by atoms with E-state index < -0.39 is 12.1 Å². The lowest BCUT2D eigenvalue weighted by atomic mass is 9.99. The fourth-order valence-corrected chi connectivity index (χ4v) is 2.86. The highest BCUT2D eigenvalue weighted by molar-refractivity contribution is 6.30. The van der Waals surface area contributed by atoms with E-state index in [1.165, 1.54) is 0 Å². The van der Waals surface area contributed by atoms with Crippen molar-refractivity contribution < 1.29 is 14.3 Å². The molecule has 0 unspecified atom stereocenters. The molecule has 27 heavy (non-hydrogen) atoms. The second-order valence-electron chi connectivity index (χ2n) is 5.95. The van der Waals surface area contributed by atoms with Crippen molar-refractivity contribution in [1.82, 2.24) is 0 Å². The zero-order valence-electron chi connectivity index (χ0n) is 14.3. The number of Topliss-reactive ketones (excluding diaryl/α,β-unsaturated/α-hetero) is 1. The van der Waals surface area contributed by atoms with Gasteiger partial charge < -0.3 is 4.74 Å². The van der Waals surface area contributed by atoms with E-state index in [2.05, 4.69) is 0 Å². The number of halogens is 2. The molecule has 3 nitrogen and oxygen atoms in total. The third-order valence-electron chi connectivity index (χ3n) is 3.98. The van der Waals surface area contributed by atoms with Gasteiger partial charge in [0.15, 0.2) is 6.10 Å². The van der Waals surface area contributed by atoms with Crippen LogP contribution in [0.3, 0.4) is 0 Å². The Hall–Kier alpha value is -2.62. The van der Waals surface area contributed by atoms with Crippen LogP contribution in [0.4, 0.5) is 0 Å². The van der Waals surface area contributed by atoms with E-state index in [0.29, 0.717) is 21.2 Å². The Balaban J connectivity index is 1.83. The fourth-order valence-electron chi connectivity index (χ4n) is 2.61. The van der Waals surface area contributed by atoms with Gasteiger partial charge in [-0.05, 0) is 29.8 Å². The molecule has 136 valence electrons. The molecule has 0 N–H and O–H groups in total. The van der Waals surface area contributed by atoms with Crippen molar-refractivity contribution in [3.05, 3.63) is 106 Å². The van der Waals surface area contributed by atoms with Gasteiger partial charge >= 0.3 is 5.97 Å². The van der Waals surface area contributed by atoms with E-state index in [-0.39, 0.29) is 12.2 Å². The lowest BCUT2D eigenvalue weighted by molar-refractivity contribution is -0.146. The number of esters is 1. The van der Waals surface area contributed by atoms with Gasteiger partial charge in [-0.15, -0.1) is 0 Å². The molecule has 0 radical (unpaired) electrons. The van der Waals surface area contributed by atoms with E-state index >= 15 is 0 Å². The van der Waals surface area contributed by atoms with Gasteiger partial charge in [0.25, 0.3) is 0 Å². The van der Waals surface area contributed by atoms with Crippen LogP contribution in [0.15, 0.2) is 78.9 Å². The van der Waals surface area contributed by atoms with Crippen molar-refractivity contribution in [3.8, 4) is 0 Å². The van der Waals surface area contributed by atoms with Crippen LogP contribution in [-0.4, -0.2) is 11.8 Å². The maximum Gasteiger partial charge on any atom is 0.311 e. The standard InChI is InChI=1S/C22H16Cl2O3/c23-18-10-6-15(7-11-18)14-20(25)27-22(17-8-12-19(24)13-9-17)21(26)16-4-2-1-3-5-16/h1-13,22H,14H2/t22-/m1/s1. The summed E-state index contributed by atoms with van der Waals surface area (Å²) in [6.07, 6.45) is -0.993. The third kappa shape index (κ3) is 5.19. The van der Waals surface area contributed by atoms with Gasteiger partial charge in [-0.2, -0.15) is 0 Å². The Bertz CT molecular complexity index is 920. The summed E-state index contributed by atoms with van der Waals surface area (Å²) in [6, 6.07) is 22.3. The summed E-state index contributed by atoms with van der Waals surface area (Å²) in [5.41, 5.74) is 1.79. The lowest BCUT2D eigenvalue weighted by Crippen LogP contribution is -2.21. The molecule has 0 aliphatic rings. The monoisotopic (exact) mass is 398 g/mol. The van der Waals surface area contributed by atoms with Crippen LogP contribution < -0.4 is 0 Å². The smallest absolute Gasteiger partial charge is 0.311 e. The van der Waals surface area contributed by atoms with Crippen molar-refractivity contribution >= 4 is 35.0 Å². The number of carbonyl (C=O) groups excluding carboxylic acids is 2. The van der Waals surface area contributed by atoms with E-state index in [0.717, 1.165) is 5.56 Å². The zero-order chi connectivity index (χ0) is 19.2. The van der Waals surface area contributed by atoms with Gasteiger partial charge in [0.2, 0.25) is 5.78 Å². The average Bonchev–Trinajstić information content (AvgIpc) is 2.69. The van der Waals surface area contributed by atoms with E-state index in [1.807, 2.05) is 6.07 Å². The van der Waals surface area contributed by atoms with Crippen LogP contribution >= 0.6 is 23.2 Å². The van der Waals surface area contributed by atoms with Crippen LogP contribution in [0.2, 0.25) is 10.0 Å². The molecule has 3 rings (SSSR count). The molecule has 5 heteroatoms. The minimum atomic E-state index is -1.04. The first kappa shape index (κ1) is 19.2. The van der Waals surface area contributed by atoms with Crippen molar-refractivity contribution in [2.75, 3.05) is 0 Å². The predicted octanol–water partition coefficient (Wildman–Crippen LogP) is 5.70. The maximum absolute atomic E-state index is 12.9. The quantitative estimate of drug-likeness (QED) is 0.394. The predicted molar refractivity (Wildman–Crippen MR) is 106 cm³/mol. The number of carbonyl (C=O) groups is 2. The van der Waals surface area contributed by atoms with E-state index in [4.69, 9.17) is 27.9 Å². The Morgan fingerprint density at radius 2 is 1.33 bits per heavy atom. The summed E-state index contributed by atoms with van der Waals surface area (Å²) in [5, 5.41) is 1.13. The number of benzene rings is 3. The first-order chi connectivity index (χ1) is 13.0. The van der Waals surface area contributed by atoms with Crippen LogP contribution in [0, 0.1) is 0 Å². The first-order valence-electron chi connectivity index (χ1n) is 8.31. The summed E-state index contributed by atoms with van der Waals surface area (Å²) in [4.78, 5) is 25.4. The molecular weight excluding hydrogens is 383 g/mol. The number of ether oxygens (including phenoxy) is 1.